The zero-order valence-corrected chi connectivity index (χ0v) is 13.6. The Labute approximate surface area is 118 Å². The molecule has 0 rings (SSSR count). The van der Waals surface area contributed by atoms with Crippen molar-refractivity contribution in [2.45, 2.75) is 52.1 Å². The summed E-state index contributed by atoms with van der Waals surface area (Å²) in [5, 5.41) is 0. The second-order valence-electron chi connectivity index (χ2n) is 4.48. The van der Waals surface area contributed by atoms with E-state index in [9.17, 15) is 4.79 Å². The molecule has 0 saturated carbocycles. The lowest BCUT2D eigenvalue weighted by atomic mass is 10.5. The van der Waals surface area contributed by atoms with Crippen molar-refractivity contribution in [2.75, 3.05) is 19.8 Å². The molecule has 0 heterocycles. The van der Waals surface area contributed by atoms with Gasteiger partial charge in [0.25, 0.3) is 0 Å². The van der Waals surface area contributed by atoms with Crippen LogP contribution >= 0.6 is 0 Å². The maximum atomic E-state index is 11.1. The van der Waals surface area contributed by atoms with Crippen LogP contribution in [-0.4, -0.2) is 34.4 Å². The minimum atomic E-state index is -2.23. The van der Waals surface area contributed by atoms with Crippen LogP contribution in [0.3, 0.4) is 0 Å². The van der Waals surface area contributed by atoms with Crippen molar-refractivity contribution >= 4 is 14.5 Å². The molecule has 0 aliphatic rings. The Hall–Kier alpha value is -0.653. The summed E-state index contributed by atoms with van der Waals surface area (Å²) in [6, 6.07) is 1.64. The SMILES string of the molecule is C=CC(=O)OCC[Si](CCC)(OCCC)OCCC. The van der Waals surface area contributed by atoms with Crippen LogP contribution in [-0.2, 0) is 18.4 Å². The highest BCUT2D eigenvalue weighted by Crippen LogP contribution is 2.22. The molecule has 0 spiro atoms. The fraction of sp³-hybridized carbons (Fsp3) is 0.786. The Morgan fingerprint density at radius 1 is 1.00 bits per heavy atom. The lowest BCUT2D eigenvalue weighted by molar-refractivity contribution is -0.137. The molecule has 5 heteroatoms. The third-order valence-electron chi connectivity index (χ3n) is 2.66. The van der Waals surface area contributed by atoms with Crippen LogP contribution in [0.25, 0.3) is 0 Å². The summed E-state index contributed by atoms with van der Waals surface area (Å²) in [7, 11) is -2.23. The van der Waals surface area contributed by atoms with Gasteiger partial charge in [0.15, 0.2) is 0 Å². The Morgan fingerprint density at radius 3 is 2.00 bits per heavy atom. The third-order valence-corrected chi connectivity index (χ3v) is 6.35. The smallest absolute Gasteiger partial charge is 0.341 e. The van der Waals surface area contributed by atoms with E-state index in [0.29, 0.717) is 25.9 Å². The largest absolute Gasteiger partial charge is 0.463 e. The average molecular weight is 288 g/mol. The molecule has 0 N–H and O–H groups in total. The predicted octanol–water partition coefficient (Wildman–Crippen LogP) is 3.42. The van der Waals surface area contributed by atoms with Gasteiger partial charge in [-0.15, -0.1) is 0 Å². The minimum Gasteiger partial charge on any atom is -0.463 e. The number of hydrogen-bond donors (Lipinski definition) is 0. The molecule has 0 aromatic heterocycles. The summed E-state index contributed by atoms with van der Waals surface area (Å²) >= 11 is 0. The van der Waals surface area contributed by atoms with Gasteiger partial charge >= 0.3 is 14.5 Å². The van der Waals surface area contributed by atoms with Crippen molar-refractivity contribution in [3.05, 3.63) is 12.7 Å². The van der Waals surface area contributed by atoms with E-state index in [-0.39, 0.29) is 5.97 Å². The van der Waals surface area contributed by atoms with Gasteiger partial charge in [0.1, 0.15) is 0 Å². The van der Waals surface area contributed by atoms with Crippen LogP contribution < -0.4 is 0 Å². The van der Waals surface area contributed by atoms with Crippen LogP contribution in [0.2, 0.25) is 12.1 Å². The standard InChI is InChI=1S/C14H28O4Si/c1-5-9-17-19(12-7-3,18-10-6-2)13-11-16-14(15)8-4/h8H,4-7,9-13H2,1-3H3. The highest BCUT2D eigenvalue weighted by Gasteiger charge is 2.36. The first-order chi connectivity index (χ1) is 9.14. The normalized spacial score (nSPS) is 11.3. The summed E-state index contributed by atoms with van der Waals surface area (Å²) in [5.41, 5.74) is 0. The van der Waals surface area contributed by atoms with Crippen LogP contribution in [0.5, 0.6) is 0 Å². The molecule has 0 amide bonds. The molecular formula is C14H28O4Si. The highest BCUT2D eigenvalue weighted by atomic mass is 28.4. The highest BCUT2D eigenvalue weighted by molar-refractivity contribution is 6.67. The van der Waals surface area contributed by atoms with Gasteiger partial charge in [-0.05, 0) is 18.9 Å². The zero-order chi connectivity index (χ0) is 14.6. The van der Waals surface area contributed by atoms with Gasteiger partial charge in [0.05, 0.1) is 6.61 Å². The van der Waals surface area contributed by atoms with Crippen molar-refractivity contribution in [1.82, 2.24) is 0 Å². The molecule has 0 aliphatic carbocycles. The van der Waals surface area contributed by atoms with Crippen LogP contribution in [0.15, 0.2) is 12.7 Å². The van der Waals surface area contributed by atoms with E-state index >= 15 is 0 Å². The fourth-order valence-electron chi connectivity index (χ4n) is 1.78. The van der Waals surface area contributed by atoms with Crippen LogP contribution in [0, 0.1) is 0 Å². The first-order valence-corrected chi connectivity index (χ1v) is 9.44. The van der Waals surface area contributed by atoms with Gasteiger partial charge in [-0.3, -0.25) is 0 Å². The van der Waals surface area contributed by atoms with E-state index in [0.717, 1.165) is 25.3 Å². The van der Waals surface area contributed by atoms with Gasteiger partial charge in [-0.2, -0.15) is 0 Å². The predicted molar refractivity (Wildman–Crippen MR) is 79.3 cm³/mol. The molecule has 0 atom stereocenters. The van der Waals surface area contributed by atoms with E-state index in [1.165, 1.54) is 6.08 Å². The second kappa shape index (κ2) is 11.2. The summed E-state index contributed by atoms with van der Waals surface area (Å²) in [5.74, 6) is -0.384. The monoisotopic (exact) mass is 288 g/mol. The number of esters is 1. The van der Waals surface area contributed by atoms with Gasteiger partial charge in [-0.1, -0.05) is 33.8 Å². The van der Waals surface area contributed by atoms with E-state index in [2.05, 4.69) is 27.4 Å². The molecule has 0 aromatic carbocycles. The quantitative estimate of drug-likeness (QED) is 0.313. The lowest BCUT2D eigenvalue weighted by Gasteiger charge is -2.30. The van der Waals surface area contributed by atoms with Crippen molar-refractivity contribution in [1.29, 1.82) is 0 Å². The molecule has 112 valence electrons. The second-order valence-corrected chi connectivity index (χ2v) is 7.88. The molecule has 4 nitrogen and oxygen atoms in total. The van der Waals surface area contributed by atoms with Crippen molar-refractivity contribution in [3.8, 4) is 0 Å². The van der Waals surface area contributed by atoms with Crippen molar-refractivity contribution in [3.63, 3.8) is 0 Å². The fourth-order valence-corrected chi connectivity index (χ4v) is 5.02. The maximum absolute atomic E-state index is 11.1. The molecule has 19 heavy (non-hydrogen) atoms. The number of carbonyl (C=O) groups excluding carboxylic acids is 1. The van der Waals surface area contributed by atoms with Gasteiger partial charge < -0.3 is 13.6 Å². The topological polar surface area (TPSA) is 44.8 Å². The first-order valence-electron chi connectivity index (χ1n) is 7.21. The Bertz CT molecular complexity index is 248. The third kappa shape index (κ3) is 8.18. The van der Waals surface area contributed by atoms with E-state index < -0.39 is 8.56 Å². The summed E-state index contributed by atoms with van der Waals surface area (Å²) in [6.07, 6.45) is 4.15. The van der Waals surface area contributed by atoms with Crippen molar-refractivity contribution < 1.29 is 18.4 Å². The Morgan fingerprint density at radius 2 is 1.58 bits per heavy atom. The lowest BCUT2D eigenvalue weighted by Crippen LogP contribution is -2.43. The Balaban J connectivity index is 4.47. The van der Waals surface area contributed by atoms with Crippen LogP contribution in [0.1, 0.15) is 40.0 Å². The van der Waals surface area contributed by atoms with E-state index in [1.54, 1.807) is 0 Å². The maximum Gasteiger partial charge on any atom is 0.341 e. The van der Waals surface area contributed by atoms with Gasteiger partial charge in [0.2, 0.25) is 0 Å². The number of hydrogen-bond acceptors (Lipinski definition) is 4. The molecule has 0 saturated heterocycles. The number of rotatable bonds is 12. The van der Waals surface area contributed by atoms with Gasteiger partial charge in [0, 0.05) is 25.3 Å². The molecule has 0 aliphatic heterocycles. The summed E-state index contributed by atoms with van der Waals surface area (Å²) < 4.78 is 17.1. The minimum absolute atomic E-state index is 0.352. The van der Waals surface area contributed by atoms with E-state index in [1.807, 2.05) is 0 Å². The van der Waals surface area contributed by atoms with Crippen LogP contribution in [0.4, 0.5) is 0 Å². The molecule has 0 radical (unpaired) electrons. The molecule has 0 fully saturated rings. The number of ether oxygens (including phenoxy) is 1. The van der Waals surface area contributed by atoms with E-state index in [4.69, 9.17) is 13.6 Å². The summed E-state index contributed by atoms with van der Waals surface area (Å²) in [4.78, 5) is 11.1. The van der Waals surface area contributed by atoms with Gasteiger partial charge in [-0.25, -0.2) is 4.79 Å². The Kier molecular flexibility index (Phi) is 10.8. The number of carbonyl (C=O) groups is 1. The average Bonchev–Trinajstić information content (AvgIpc) is 2.42. The summed E-state index contributed by atoms with van der Waals surface area (Å²) in [6.45, 7) is 11.5. The molecular weight excluding hydrogens is 260 g/mol. The zero-order valence-electron chi connectivity index (χ0n) is 12.6. The van der Waals surface area contributed by atoms with Crippen molar-refractivity contribution in [2.24, 2.45) is 0 Å². The first kappa shape index (κ1) is 18.3. The molecule has 0 bridgehead atoms. The molecule has 0 unspecified atom stereocenters. The molecule has 0 aromatic rings.